The second kappa shape index (κ2) is 7.13. The highest BCUT2D eigenvalue weighted by Gasteiger charge is 2.22. The van der Waals surface area contributed by atoms with Gasteiger partial charge >= 0.3 is 0 Å². The Balaban J connectivity index is 0.00000225. The van der Waals surface area contributed by atoms with Crippen LogP contribution in [0.2, 0.25) is 0 Å². The van der Waals surface area contributed by atoms with E-state index in [1.165, 1.54) is 6.42 Å². The number of amides is 1. The van der Waals surface area contributed by atoms with E-state index in [4.69, 9.17) is 0 Å². The van der Waals surface area contributed by atoms with Crippen molar-refractivity contribution in [3.05, 3.63) is 0 Å². The Morgan fingerprint density at radius 3 is 2.69 bits per heavy atom. The van der Waals surface area contributed by atoms with Crippen LogP contribution in [-0.4, -0.2) is 24.0 Å². The fourth-order valence-electron chi connectivity index (χ4n) is 2.27. The quantitative estimate of drug-likeness (QED) is 0.784. The van der Waals surface area contributed by atoms with Crippen molar-refractivity contribution in [2.45, 2.75) is 64.5 Å². The number of carbonyl (C=O) groups excluding carboxylic acids is 1. The summed E-state index contributed by atoms with van der Waals surface area (Å²) in [6, 6.07) is 0.405. The van der Waals surface area contributed by atoms with Crippen LogP contribution < -0.4 is 10.6 Å². The summed E-state index contributed by atoms with van der Waals surface area (Å²) < 4.78 is 0. The molecule has 4 heteroatoms. The average molecular weight is 249 g/mol. The molecule has 0 aromatic rings. The summed E-state index contributed by atoms with van der Waals surface area (Å²) >= 11 is 0. The monoisotopic (exact) mass is 248 g/mol. The van der Waals surface area contributed by atoms with Gasteiger partial charge in [0.2, 0.25) is 5.91 Å². The first kappa shape index (κ1) is 15.7. The molecule has 0 spiro atoms. The van der Waals surface area contributed by atoms with E-state index in [0.29, 0.717) is 12.5 Å². The lowest BCUT2D eigenvalue weighted by atomic mass is 9.98. The van der Waals surface area contributed by atoms with Gasteiger partial charge in [0.25, 0.3) is 0 Å². The van der Waals surface area contributed by atoms with E-state index in [1.54, 1.807) is 0 Å². The highest BCUT2D eigenvalue weighted by atomic mass is 35.5. The topological polar surface area (TPSA) is 41.1 Å². The average Bonchev–Trinajstić information content (AvgIpc) is 2.54. The molecule has 1 rings (SSSR count). The first-order valence-corrected chi connectivity index (χ1v) is 6.08. The number of rotatable bonds is 5. The van der Waals surface area contributed by atoms with Crippen LogP contribution >= 0.6 is 12.4 Å². The smallest absolute Gasteiger partial charge is 0.221 e. The molecule has 16 heavy (non-hydrogen) atoms. The molecule has 1 aliphatic heterocycles. The number of halogens is 1. The van der Waals surface area contributed by atoms with Gasteiger partial charge in [-0.1, -0.05) is 13.3 Å². The molecule has 1 aliphatic rings. The molecular formula is C12H25ClN2O. The predicted octanol–water partition coefficient (Wildman–Crippen LogP) is 2.25. The van der Waals surface area contributed by atoms with Gasteiger partial charge in [0.15, 0.2) is 0 Å². The van der Waals surface area contributed by atoms with Gasteiger partial charge < -0.3 is 10.6 Å². The molecule has 2 N–H and O–H groups in total. The van der Waals surface area contributed by atoms with Gasteiger partial charge in [-0.15, -0.1) is 12.4 Å². The van der Waals surface area contributed by atoms with Crippen LogP contribution in [0.15, 0.2) is 0 Å². The largest absolute Gasteiger partial charge is 0.351 e. The van der Waals surface area contributed by atoms with Crippen LogP contribution in [0.4, 0.5) is 0 Å². The fraction of sp³-hybridized carbons (Fsp3) is 0.917. The zero-order chi connectivity index (χ0) is 11.3. The van der Waals surface area contributed by atoms with Crippen molar-refractivity contribution in [1.29, 1.82) is 0 Å². The molecule has 0 bridgehead atoms. The third-order valence-electron chi connectivity index (χ3n) is 2.95. The molecule has 0 aliphatic carbocycles. The minimum absolute atomic E-state index is 0. The van der Waals surface area contributed by atoms with Crippen molar-refractivity contribution >= 4 is 18.3 Å². The Kier molecular flexibility index (Phi) is 7.00. The first-order chi connectivity index (χ1) is 7.03. The van der Waals surface area contributed by atoms with E-state index in [9.17, 15) is 4.79 Å². The summed E-state index contributed by atoms with van der Waals surface area (Å²) in [5, 5.41) is 6.45. The highest BCUT2D eigenvalue weighted by Crippen LogP contribution is 2.13. The van der Waals surface area contributed by atoms with Gasteiger partial charge in [-0.3, -0.25) is 4.79 Å². The summed E-state index contributed by atoms with van der Waals surface area (Å²) in [5.74, 6) is 0.188. The Morgan fingerprint density at radius 2 is 2.19 bits per heavy atom. The zero-order valence-corrected chi connectivity index (χ0v) is 11.5. The predicted molar refractivity (Wildman–Crippen MR) is 70.0 cm³/mol. The minimum Gasteiger partial charge on any atom is -0.351 e. The molecule has 3 nitrogen and oxygen atoms in total. The lowest BCUT2D eigenvalue weighted by molar-refractivity contribution is -0.123. The molecule has 0 saturated carbocycles. The van der Waals surface area contributed by atoms with Gasteiger partial charge in [0, 0.05) is 18.0 Å². The maximum Gasteiger partial charge on any atom is 0.221 e. The first-order valence-electron chi connectivity index (χ1n) is 6.08. The van der Waals surface area contributed by atoms with Crippen molar-refractivity contribution < 1.29 is 4.79 Å². The summed E-state index contributed by atoms with van der Waals surface area (Å²) in [4.78, 5) is 11.7. The molecule has 1 saturated heterocycles. The van der Waals surface area contributed by atoms with E-state index >= 15 is 0 Å². The van der Waals surface area contributed by atoms with E-state index < -0.39 is 0 Å². The SMILES string of the molecule is CCCC(C)(C)NC(=O)CC1CCCN1.Cl. The molecule has 96 valence electrons. The molecule has 1 heterocycles. The third-order valence-corrected chi connectivity index (χ3v) is 2.95. The highest BCUT2D eigenvalue weighted by molar-refractivity contribution is 5.85. The second-order valence-electron chi connectivity index (χ2n) is 5.18. The molecule has 1 atom stereocenters. The Morgan fingerprint density at radius 1 is 1.50 bits per heavy atom. The van der Waals surface area contributed by atoms with Gasteiger partial charge in [-0.25, -0.2) is 0 Å². The van der Waals surface area contributed by atoms with E-state index in [2.05, 4.69) is 31.4 Å². The molecule has 0 aromatic carbocycles. The maximum atomic E-state index is 11.7. The van der Waals surface area contributed by atoms with Crippen molar-refractivity contribution in [1.82, 2.24) is 10.6 Å². The number of nitrogens with one attached hydrogen (secondary N) is 2. The lowest BCUT2D eigenvalue weighted by Gasteiger charge is -2.26. The third kappa shape index (κ3) is 5.71. The lowest BCUT2D eigenvalue weighted by Crippen LogP contribution is -2.45. The minimum atomic E-state index is -0.0512. The number of carbonyl (C=O) groups is 1. The molecule has 1 amide bonds. The zero-order valence-electron chi connectivity index (χ0n) is 10.6. The van der Waals surface area contributed by atoms with Crippen LogP contribution in [0.1, 0.15) is 52.9 Å². The molecular weight excluding hydrogens is 224 g/mol. The second-order valence-corrected chi connectivity index (χ2v) is 5.18. The van der Waals surface area contributed by atoms with E-state index in [0.717, 1.165) is 25.8 Å². The van der Waals surface area contributed by atoms with Gasteiger partial charge in [-0.05, 0) is 39.7 Å². The Hall–Kier alpha value is -0.280. The van der Waals surface area contributed by atoms with Crippen molar-refractivity contribution in [2.75, 3.05) is 6.54 Å². The van der Waals surface area contributed by atoms with Crippen molar-refractivity contribution in [3.63, 3.8) is 0 Å². The standard InChI is InChI=1S/C12H24N2O.ClH/c1-4-7-12(2,3)14-11(15)9-10-6-5-8-13-10;/h10,13H,4-9H2,1-3H3,(H,14,15);1H. The van der Waals surface area contributed by atoms with Crippen LogP contribution in [0.3, 0.4) is 0 Å². The Bertz CT molecular complexity index is 213. The van der Waals surface area contributed by atoms with Crippen LogP contribution in [0.5, 0.6) is 0 Å². The van der Waals surface area contributed by atoms with Crippen molar-refractivity contribution in [2.24, 2.45) is 0 Å². The molecule has 0 aromatic heterocycles. The maximum absolute atomic E-state index is 11.7. The normalized spacial score (nSPS) is 20.3. The molecule has 1 unspecified atom stereocenters. The molecule has 1 fully saturated rings. The summed E-state index contributed by atoms with van der Waals surface area (Å²) in [7, 11) is 0. The van der Waals surface area contributed by atoms with Crippen LogP contribution in [0.25, 0.3) is 0 Å². The summed E-state index contributed by atoms with van der Waals surface area (Å²) in [6.45, 7) is 7.40. The summed E-state index contributed by atoms with van der Waals surface area (Å²) in [6.07, 6.45) is 5.12. The summed E-state index contributed by atoms with van der Waals surface area (Å²) in [5.41, 5.74) is -0.0512. The fourth-order valence-corrected chi connectivity index (χ4v) is 2.27. The van der Waals surface area contributed by atoms with Crippen LogP contribution in [0, 0.1) is 0 Å². The van der Waals surface area contributed by atoms with Gasteiger partial charge in [0.05, 0.1) is 0 Å². The van der Waals surface area contributed by atoms with Gasteiger partial charge in [-0.2, -0.15) is 0 Å². The van der Waals surface area contributed by atoms with E-state index in [1.807, 2.05) is 0 Å². The van der Waals surface area contributed by atoms with Crippen molar-refractivity contribution in [3.8, 4) is 0 Å². The number of hydrogen-bond acceptors (Lipinski definition) is 2. The Labute approximate surface area is 105 Å². The molecule has 0 radical (unpaired) electrons. The van der Waals surface area contributed by atoms with Crippen LogP contribution in [-0.2, 0) is 4.79 Å². The number of hydrogen-bond donors (Lipinski definition) is 2. The van der Waals surface area contributed by atoms with E-state index in [-0.39, 0.29) is 23.9 Å². The van der Waals surface area contributed by atoms with Gasteiger partial charge in [0.1, 0.15) is 0 Å².